The van der Waals surface area contributed by atoms with Crippen LogP contribution in [0, 0.1) is 12.8 Å². The molecule has 0 aromatic carbocycles. The first-order valence-corrected chi connectivity index (χ1v) is 6.44. The maximum atomic E-state index is 4.44. The van der Waals surface area contributed by atoms with E-state index in [1.165, 1.54) is 36.9 Å². The summed E-state index contributed by atoms with van der Waals surface area (Å²) in [4.78, 5) is 0. The lowest BCUT2D eigenvalue weighted by molar-refractivity contribution is 0.472. The molecule has 3 nitrogen and oxygen atoms in total. The van der Waals surface area contributed by atoms with Crippen LogP contribution in [0.4, 0.5) is 0 Å². The van der Waals surface area contributed by atoms with Gasteiger partial charge in [0.25, 0.3) is 0 Å². The van der Waals surface area contributed by atoms with Crippen LogP contribution in [0.25, 0.3) is 0 Å². The number of aromatic nitrogens is 2. The van der Waals surface area contributed by atoms with Gasteiger partial charge in [-0.1, -0.05) is 19.8 Å². The molecule has 0 aliphatic heterocycles. The number of hydrogen-bond donors (Lipinski definition) is 1. The summed E-state index contributed by atoms with van der Waals surface area (Å²) in [5.74, 6) is 0.953. The Kier molecular flexibility index (Phi) is 3.64. The van der Waals surface area contributed by atoms with Crippen molar-refractivity contribution in [3.05, 3.63) is 17.5 Å². The molecule has 1 heterocycles. The SMILES string of the molecule is CCCNC(CC1CC1)c1cn(C)nc1C. The van der Waals surface area contributed by atoms with E-state index in [1.807, 2.05) is 11.7 Å². The van der Waals surface area contributed by atoms with Gasteiger partial charge in [0.1, 0.15) is 0 Å². The fourth-order valence-corrected chi connectivity index (χ4v) is 2.29. The molecule has 1 fully saturated rings. The van der Waals surface area contributed by atoms with Gasteiger partial charge in [0.05, 0.1) is 5.69 Å². The summed E-state index contributed by atoms with van der Waals surface area (Å²) >= 11 is 0. The van der Waals surface area contributed by atoms with Gasteiger partial charge in [-0.25, -0.2) is 0 Å². The zero-order valence-electron chi connectivity index (χ0n) is 10.7. The second-order valence-electron chi connectivity index (χ2n) is 5.03. The van der Waals surface area contributed by atoms with Gasteiger partial charge >= 0.3 is 0 Å². The average molecular weight is 221 g/mol. The summed E-state index contributed by atoms with van der Waals surface area (Å²) in [7, 11) is 2.00. The third-order valence-electron chi connectivity index (χ3n) is 3.33. The zero-order valence-corrected chi connectivity index (χ0v) is 10.7. The third-order valence-corrected chi connectivity index (χ3v) is 3.33. The monoisotopic (exact) mass is 221 g/mol. The van der Waals surface area contributed by atoms with Gasteiger partial charge in [0.15, 0.2) is 0 Å². The van der Waals surface area contributed by atoms with Crippen LogP contribution in [0.2, 0.25) is 0 Å². The highest BCUT2D eigenvalue weighted by Gasteiger charge is 2.27. The molecule has 1 aliphatic carbocycles. The molecule has 1 aromatic heterocycles. The number of aryl methyl sites for hydroxylation is 2. The second-order valence-corrected chi connectivity index (χ2v) is 5.03. The summed E-state index contributed by atoms with van der Waals surface area (Å²) in [5.41, 5.74) is 2.57. The molecule has 1 aliphatic rings. The molecular formula is C13H23N3. The number of nitrogens with one attached hydrogen (secondary N) is 1. The molecule has 0 spiro atoms. The van der Waals surface area contributed by atoms with Crippen molar-refractivity contribution in [2.24, 2.45) is 13.0 Å². The van der Waals surface area contributed by atoms with Gasteiger partial charge < -0.3 is 5.32 Å². The average Bonchev–Trinajstić information content (AvgIpc) is 2.99. The molecule has 1 N–H and O–H groups in total. The lowest BCUT2D eigenvalue weighted by Gasteiger charge is -2.17. The van der Waals surface area contributed by atoms with Gasteiger partial charge in [-0.15, -0.1) is 0 Å². The van der Waals surface area contributed by atoms with Gasteiger partial charge in [-0.05, 0) is 32.2 Å². The Balaban J connectivity index is 2.06. The van der Waals surface area contributed by atoms with Crippen LogP contribution in [0.3, 0.4) is 0 Å². The fraction of sp³-hybridized carbons (Fsp3) is 0.769. The van der Waals surface area contributed by atoms with E-state index in [2.05, 4.69) is 30.5 Å². The van der Waals surface area contributed by atoms with E-state index in [9.17, 15) is 0 Å². The van der Waals surface area contributed by atoms with Crippen LogP contribution in [-0.2, 0) is 7.05 Å². The second kappa shape index (κ2) is 5.00. The van der Waals surface area contributed by atoms with Gasteiger partial charge in [-0.3, -0.25) is 4.68 Å². The van der Waals surface area contributed by atoms with E-state index in [4.69, 9.17) is 0 Å². The first-order chi connectivity index (χ1) is 7.70. The van der Waals surface area contributed by atoms with E-state index < -0.39 is 0 Å². The highest BCUT2D eigenvalue weighted by atomic mass is 15.3. The third kappa shape index (κ3) is 2.85. The molecule has 16 heavy (non-hydrogen) atoms. The van der Waals surface area contributed by atoms with E-state index in [0.29, 0.717) is 6.04 Å². The summed E-state index contributed by atoms with van der Waals surface area (Å²) < 4.78 is 1.93. The van der Waals surface area contributed by atoms with Crippen LogP contribution in [-0.4, -0.2) is 16.3 Å². The lowest BCUT2D eigenvalue weighted by Crippen LogP contribution is -2.23. The van der Waals surface area contributed by atoms with Crippen molar-refractivity contribution < 1.29 is 0 Å². The molecule has 0 amide bonds. The van der Waals surface area contributed by atoms with E-state index in [-0.39, 0.29) is 0 Å². The van der Waals surface area contributed by atoms with E-state index in [1.54, 1.807) is 0 Å². The highest BCUT2D eigenvalue weighted by Crippen LogP contribution is 2.38. The van der Waals surface area contributed by atoms with Crippen LogP contribution in [0.5, 0.6) is 0 Å². The normalized spacial score (nSPS) is 17.7. The van der Waals surface area contributed by atoms with Crippen molar-refractivity contribution in [1.82, 2.24) is 15.1 Å². The Morgan fingerprint density at radius 3 is 2.81 bits per heavy atom. The van der Waals surface area contributed by atoms with E-state index in [0.717, 1.165) is 12.5 Å². The lowest BCUT2D eigenvalue weighted by atomic mass is 10.0. The number of rotatable bonds is 6. The van der Waals surface area contributed by atoms with Crippen molar-refractivity contribution in [2.75, 3.05) is 6.54 Å². The summed E-state index contributed by atoms with van der Waals surface area (Å²) in [6, 6.07) is 0.515. The van der Waals surface area contributed by atoms with Crippen molar-refractivity contribution >= 4 is 0 Å². The van der Waals surface area contributed by atoms with Gasteiger partial charge in [-0.2, -0.15) is 5.10 Å². The predicted molar refractivity (Wildman–Crippen MR) is 66.3 cm³/mol. The van der Waals surface area contributed by atoms with Gasteiger partial charge in [0.2, 0.25) is 0 Å². The molecule has 0 saturated heterocycles. The van der Waals surface area contributed by atoms with Gasteiger partial charge in [0, 0.05) is 24.8 Å². The van der Waals surface area contributed by atoms with Crippen molar-refractivity contribution in [1.29, 1.82) is 0 Å². The number of hydrogen-bond acceptors (Lipinski definition) is 2. The Bertz CT molecular complexity index is 339. The summed E-state index contributed by atoms with van der Waals surface area (Å²) in [6.45, 7) is 5.44. The molecule has 1 aromatic rings. The Hall–Kier alpha value is -0.830. The quantitative estimate of drug-likeness (QED) is 0.800. The fourth-order valence-electron chi connectivity index (χ4n) is 2.29. The van der Waals surface area contributed by atoms with Crippen LogP contribution < -0.4 is 5.32 Å². The minimum Gasteiger partial charge on any atom is -0.310 e. The number of nitrogens with zero attached hydrogens (tertiary/aromatic N) is 2. The Morgan fingerprint density at radius 1 is 1.56 bits per heavy atom. The topological polar surface area (TPSA) is 29.9 Å². The molecule has 0 radical (unpaired) electrons. The molecule has 1 saturated carbocycles. The molecule has 1 atom stereocenters. The molecule has 1 unspecified atom stereocenters. The van der Waals surface area contributed by atoms with Crippen molar-refractivity contribution in [2.45, 2.75) is 45.6 Å². The molecule has 3 heteroatoms. The molecule has 0 bridgehead atoms. The first-order valence-electron chi connectivity index (χ1n) is 6.44. The van der Waals surface area contributed by atoms with Crippen LogP contribution in [0.15, 0.2) is 6.20 Å². The maximum Gasteiger partial charge on any atom is 0.0641 e. The standard InChI is InChI=1S/C13H23N3/c1-4-7-14-13(8-11-5-6-11)12-9-16(3)15-10(12)2/h9,11,13-14H,4-8H2,1-3H3. The zero-order chi connectivity index (χ0) is 11.5. The minimum absolute atomic E-state index is 0.515. The van der Waals surface area contributed by atoms with Crippen molar-refractivity contribution in [3.63, 3.8) is 0 Å². The first kappa shape index (κ1) is 11.6. The van der Waals surface area contributed by atoms with E-state index >= 15 is 0 Å². The Morgan fingerprint density at radius 2 is 2.31 bits per heavy atom. The highest BCUT2D eigenvalue weighted by molar-refractivity contribution is 5.20. The minimum atomic E-state index is 0.515. The molecule has 90 valence electrons. The predicted octanol–water partition coefficient (Wildman–Crippen LogP) is 2.57. The largest absolute Gasteiger partial charge is 0.310 e. The summed E-state index contributed by atoms with van der Waals surface area (Å²) in [6.07, 6.45) is 7.49. The van der Waals surface area contributed by atoms with Crippen molar-refractivity contribution in [3.8, 4) is 0 Å². The Labute approximate surface area is 98.2 Å². The molecular weight excluding hydrogens is 198 g/mol. The van der Waals surface area contributed by atoms with Crippen LogP contribution in [0.1, 0.15) is 49.9 Å². The van der Waals surface area contributed by atoms with Crippen LogP contribution >= 0.6 is 0 Å². The smallest absolute Gasteiger partial charge is 0.0641 e. The maximum absolute atomic E-state index is 4.44. The molecule has 2 rings (SSSR count). The summed E-state index contributed by atoms with van der Waals surface area (Å²) in [5, 5.41) is 8.10.